The summed E-state index contributed by atoms with van der Waals surface area (Å²) in [5.74, 6) is -2.40. The second-order valence-corrected chi connectivity index (χ2v) is 11.5. The van der Waals surface area contributed by atoms with E-state index in [-0.39, 0.29) is 24.9 Å². The molecule has 240 valence electrons. The highest BCUT2D eigenvalue weighted by Crippen LogP contribution is 2.44. The van der Waals surface area contributed by atoms with E-state index in [9.17, 15) is 29.1 Å². The van der Waals surface area contributed by atoms with E-state index in [1.54, 1.807) is 35.2 Å². The number of amides is 3. The number of ether oxygens (including phenoxy) is 1. The molecule has 1 aliphatic carbocycles. The highest BCUT2D eigenvalue weighted by molar-refractivity contribution is 6.03. The highest BCUT2D eigenvalue weighted by atomic mass is 16.6. The van der Waals surface area contributed by atoms with Crippen LogP contribution in [0.3, 0.4) is 0 Å². The van der Waals surface area contributed by atoms with Gasteiger partial charge in [0.15, 0.2) is 0 Å². The van der Waals surface area contributed by atoms with E-state index in [0.29, 0.717) is 24.9 Å². The first kappa shape index (κ1) is 31.2. The second-order valence-electron chi connectivity index (χ2n) is 11.5. The number of hydrogen-bond acceptors (Lipinski definition) is 7. The van der Waals surface area contributed by atoms with Crippen LogP contribution in [-0.4, -0.2) is 80.6 Å². The van der Waals surface area contributed by atoms with Crippen LogP contribution in [0, 0.1) is 0 Å². The number of anilines is 1. The Hall–Kier alpha value is -5.78. The number of aromatic nitrogens is 2. The lowest BCUT2D eigenvalue weighted by molar-refractivity contribution is -0.145. The van der Waals surface area contributed by atoms with Crippen LogP contribution in [0.25, 0.3) is 11.1 Å². The largest absolute Gasteiger partial charge is 0.480 e. The molecule has 6 rings (SSSR count). The molecule has 3 amide bonds. The van der Waals surface area contributed by atoms with Crippen molar-refractivity contribution in [1.29, 1.82) is 0 Å². The third-order valence-corrected chi connectivity index (χ3v) is 8.51. The van der Waals surface area contributed by atoms with Crippen molar-refractivity contribution in [2.45, 2.75) is 31.3 Å². The Morgan fingerprint density at radius 1 is 0.915 bits per heavy atom. The topological polar surface area (TPSA) is 151 Å². The Balaban J connectivity index is 1.09. The Morgan fingerprint density at radius 2 is 1.57 bits per heavy atom. The molecule has 1 aliphatic heterocycles. The van der Waals surface area contributed by atoms with Crippen LogP contribution in [0.15, 0.2) is 95.9 Å². The first-order valence-corrected chi connectivity index (χ1v) is 15.3. The Morgan fingerprint density at radius 3 is 2.23 bits per heavy atom. The molecule has 2 aliphatic rings. The van der Waals surface area contributed by atoms with Crippen LogP contribution in [0.5, 0.6) is 0 Å². The summed E-state index contributed by atoms with van der Waals surface area (Å²) >= 11 is 0. The lowest BCUT2D eigenvalue weighted by atomic mass is 9.98. The first-order valence-electron chi connectivity index (χ1n) is 15.3. The molecular weight excluding hydrogens is 602 g/mol. The lowest BCUT2D eigenvalue weighted by Crippen LogP contribution is -2.48. The Labute approximate surface area is 270 Å². The van der Waals surface area contributed by atoms with Gasteiger partial charge >= 0.3 is 17.8 Å². The molecule has 2 N–H and O–H groups in total. The number of aliphatic carboxylic acids is 1. The summed E-state index contributed by atoms with van der Waals surface area (Å²) in [7, 11) is 0. The monoisotopic (exact) mass is 635 g/mol. The van der Waals surface area contributed by atoms with E-state index in [0.717, 1.165) is 31.7 Å². The van der Waals surface area contributed by atoms with Gasteiger partial charge in [0.25, 0.3) is 5.91 Å². The summed E-state index contributed by atoms with van der Waals surface area (Å²) in [5.41, 5.74) is 4.01. The molecule has 1 saturated heterocycles. The molecular formula is C35H33N5O7. The normalized spacial score (nSPS) is 15.1. The predicted octanol–water partition coefficient (Wildman–Crippen LogP) is 3.82. The minimum atomic E-state index is -1.23. The number of fused-ring (bicyclic) bond motifs is 3. The van der Waals surface area contributed by atoms with Crippen molar-refractivity contribution >= 4 is 29.7 Å². The molecule has 0 spiro atoms. The number of benzene rings is 3. The molecule has 47 heavy (non-hydrogen) atoms. The summed E-state index contributed by atoms with van der Waals surface area (Å²) in [5, 5.41) is 12.1. The van der Waals surface area contributed by atoms with Crippen molar-refractivity contribution in [3.05, 3.63) is 118 Å². The van der Waals surface area contributed by atoms with Gasteiger partial charge in [-0.15, -0.1) is 0 Å². The molecule has 1 aromatic heterocycles. The fourth-order valence-electron chi connectivity index (χ4n) is 6.26. The molecule has 0 radical (unpaired) electrons. The van der Waals surface area contributed by atoms with E-state index in [2.05, 4.69) is 22.4 Å². The standard InChI is InChI=1S/C35H33N5O7/c41-31(20-38-18-16-30(37-34(38)45)36-33(44)23-9-2-1-3-10-23)39(21-32(42)43)19-24-11-8-17-40(24)35(46)47-22-29-27-14-6-4-12-25(27)26-13-5-7-15-28(26)29/h1-7,9-10,12-16,18,24,29H,8,11,17,19-22H2,(H,42,43)(H,36,37,44,45)/t24-/m1/s1. The Bertz CT molecular complexity index is 1830. The summed E-state index contributed by atoms with van der Waals surface area (Å²) < 4.78 is 6.87. The zero-order chi connectivity index (χ0) is 32.9. The number of hydrogen-bond donors (Lipinski definition) is 2. The van der Waals surface area contributed by atoms with Gasteiger partial charge in [0.05, 0.1) is 6.04 Å². The maximum atomic E-state index is 13.3. The zero-order valence-corrected chi connectivity index (χ0v) is 25.5. The van der Waals surface area contributed by atoms with Crippen LogP contribution in [-0.2, 0) is 20.9 Å². The molecule has 1 atom stereocenters. The van der Waals surface area contributed by atoms with Gasteiger partial charge in [-0.2, -0.15) is 4.98 Å². The third kappa shape index (κ3) is 6.91. The maximum absolute atomic E-state index is 13.3. The van der Waals surface area contributed by atoms with Crippen molar-refractivity contribution in [3.8, 4) is 11.1 Å². The third-order valence-electron chi connectivity index (χ3n) is 8.51. The molecule has 0 saturated carbocycles. The van der Waals surface area contributed by atoms with Crippen LogP contribution < -0.4 is 11.0 Å². The molecule has 0 unspecified atom stereocenters. The van der Waals surface area contributed by atoms with Gasteiger partial charge in [0.2, 0.25) is 5.91 Å². The number of rotatable bonds is 10. The summed E-state index contributed by atoms with van der Waals surface area (Å²) in [6.07, 6.45) is 2.02. The van der Waals surface area contributed by atoms with Crippen LogP contribution in [0.4, 0.5) is 10.6 Å². The molecule has 1 fully saturated rings. The predicted molar refractivity (Wildman–Crippen MR) is 172 cm³/mol. The molecule has 2 heterocycles. The number of carboxylic acid groups (broad SMARTS) is 1. The fourth-order valence-corrected chi connectivity index (χ4v) is 6.26. The van der Waals surface area contributed by atoms with Gasteiger partial charge in [0, 0.05) is 30.8 Å². The minimum absolute atomic E-state index is 0.0136. The van der Waals surface area contributed by atoms with Crippen molar-refractivity contribution in [2.75, 3.05) is 31.6 Å². The van der Waals surface area contributed by atoms with Gasteiger partial charge in [-0.1, -0.05) is 66.7 Å². The summed E-state index contributed by atoms with van der Waals surface area (Å²) in [4.78, 5) is 70.0. The van der Waals surface area contributed by atoms with Crippen molar-refractivity contribution < 1.29 is 29.0 Å². The van der Waals surface area contributed by atoms with Gasteiger partial charge < -0.3 is 25.0 Å². The highest BCUT2D eigenvalue weighted by Gasteiger charge is 2.35. The SMILES string of the molecule is O=C(O)CN(C[C@H]1CCCN1C(=O)OCC1c2ccccc2-c2ccccc21)C(=O)Cn1ccc(NC(=O)c2ccccc2)nc1=O. The number of nitrogens with one attached hydrogen (secondary N) is 1. The van der Waals surface area contributed by atoms with E-state index >= 15 is 0 Å². The smallest absolute Gasteiger partial charge is 0.410 e. The van der Waals surface area contributed by atoms with Gasteiger partial charge in [-0.05, 0) is 53.3 Å². The molecule has 12 nitrogen and oxygen atoms in total. The van der Waals surface area contributed by atoms with E-state index in [1.165, 1.54) is 12.3 Å². The number of carbonyl (C=O) groups excluding carboxylic acids is 3. The maximum Gasteiger partial charge on any atom is 0.410 e. The second kappa shape index (κ2) is 13.7. The Kier molecular flexibility index (Phi) is 9.09. The van der Waals surface area contributed by atoms with Crippen molar-refractivity contribution in [3.63, 3.8) is 0 Å². The van der Waals surface area contributed by atoms with E-state index < -0.39 is 48.7 Å². The summed E-state index contributed by atoms with van der Waals surface area (Å²) in [6, 6.07) is 25.4. The van der Waals surface area contributed by atoms with Gasteiger partial charge in [0.1, 0.15) is 25.5 Å². The average molecular weight is 636 g/mol. The number of likely N-dealkylation sites (tertiary alicyclic amines) is 1. The van der Waals surface area contributed by atoms with Crippen molar-refractivity contribution in [1.82, 2.24) is 19.4 Å². The molecule has 12 heteroatoms. The van der Waals surface area contributed by atoms with Crippen LogP contribution in [0.1, 0.15) is 40.2 Å². The fraction of sp³-hybridized carbons (Fsp3) is 0.257. The van der Waals surface area contributed by atoms with E-state index in [4.69, 9.17) is 4.74 Å². The molecule has 0 bridgehead atoms. The van der Waals surface area contributed by atoms with Gasteiger partial charge in [-0.25, -0.2) is 9.59 Å². The first-order chi connectivity index (χ1) is 22.8. The quantitative estimate of drug-likeness (QED) is 0.267. The number of carboxylic acids is 1. The van der Waals surface area contributed by atoms with Crippen molar-refractivity contribution in [2.24, 2.45) is 0 Å². The molecule has 4 aromatic rings. The number of nitrogens with zero attached hydrogens (tertiary/aromatic N) is 4. The van der Waals surface area contributed by atoms with Gasteiger partial charge in [-0.3, -0.25) is 19.0 Å². The van der Waals surface area contributed by atoms with E-state index in [1.807, 2.05) is 36.4 Å². The number of carbonyl (C=O) groups is 4. The average Bonchev–Trinajstić information content (AvgIpc) is 3.67. The zero-order valence-electron chi connectivity index (χ0n) is 25.5. The van der Waals surface area contributed by atoms with Crippen LogP contribution in [0.2, 0.25) is 0 Å². The lowest BCUT2D eigenvalue weighted by Gasteiger charge is -2.30. The van der Waals surface area contributed by atoms with Crippen LogP contribution >= 0.6 is 0 Å². The summed E-state index contributed by atoms with van der Waals surface area (Å²) in [6.45, 7) is -0.560. The molecule has 3 aromatic carbocycles. The minimum Gasteiger partial charge on any atom is -0.480 e.